The predicted octanol–water partition coefficient (Wildman–Crippen LogP) is 4.20. The highest BCUT2D eigenvalue weighted by atomic mass is 35.5. The SMILES string of the molecule is CC(C)(C)C(Cc1cn(S(=O)(=O)c2cccnc2)c(-c2cccnc2Cl)c1F)NC(=O)O. The van der Waals surface area contributed by atoms with Gasteiger partial charge in [0, 0.05) is 42.0 Å². The predicted molar refractivity (Wildman–Crippen MR) is 118 cm³/mol. The monoisotopic (exact) mass is 480 g/mol. The number of aromatic nitrogens is 3. The number of carbonyl (C=O) groups is 1. The number of amides is 1. The first-order chi connectivity index (χ1) is 14.9. The van der Waals surface area contributed by atoms with E-state index in [4.69, 9.17) is 11.6 Å². The Balaban J connectivity index is 2.23. The van der Waals surface area contributed by atoms with Crippen molar-refractivity contribution in [3.63, 3.8) is 0 Å². The van der Waals surface area contributed by atoms with Gasteiger partial charge in [0.15, 0.2) is 5.82 Å². The largest absolute Gasteiger partial charge is 0.465 e. The summed E-state index contributed by atoms with van der Waals surface area (Å²) >= 11 is 6.17. The number of carboxylic acid groups (broad SMARTS) is 1. The molecule has 0 aliphatic rings. The highest BCUT2D eigenvalue weighted by Gasteiger charge is 2.32. The second kappa shape index (κ2) is 8.87. The molecule has 1 unspecified atom stereocenters. The van der Waals surface area contributed by atoms with E-state index in [0.29, 0.717) is 0 Å². The summed E-state index contributed by atoms with van der Waals surface area (Å²) in [5.74, 6) is -0.825. The normalized spacial score (nSPS) is 13.0. The highest BCUT2D eigenvalue weighted by molar-refractivity contribution is 7.90. The van der Waals surface area contributed by atoms with Crippen LogP contribution in [0.25, 0.3) is 11.3 Å². The molecule has 0 radical (unpaired) electrons. The molecule has 0 saturated heterocycles. The van der Waals surface area contributed by atoms with Gasteiger partial charge in [-0.15, -0.1) is 0 Å². The minimum atomic E-state index is -4.24. The number of hydrogen-bond donors (Lipinski definition) is 2. The Hall–Kier alpha value is -2.98. The van der Waals surface area contributed by atoms with E-state index in [2.05, 4.69) is 15.3 Å². The van der Waals surface area contributed by atoms with Crippen molar-refractivity contribution in [1.29, 1.82) is 0 Å². The van der Waals surface area contributed by atoms with Gasteiger partial charge in [-0.3, -0.25) is 4.98 Å². The lowest BCUT2D eigenvalue weighted by Gasteiger charge is -2.30. The molecule has 0 fully saturated rings. The standard InChI is InChI=1S/C21H22ClFN4O4S/c1-21(2,3)16(26-20(28)29)10-13-12-27(32(30,31)14-6-4-8-24-11-14)18(17(13)23)15-7-5-9-25-19(15)22/h4-9,11-12,16,26H,10H2,1-3H3,(H,28,29). The number of halogens is 2. The van der Waals surface area contributed by atoms with Gasteiger partial charge in [-0.2, -0.15) is 0 Å². The van der Waals surface area contributed by atoms with Crippen LogP contribution in [0.5, 0.6) is 0 Å². The lowest BCUT2D eigenvalue weighted by molar-refractivity contribution is 0.174. The second-order valence-corrected chi connectivity index (χ2v) is 10.4. The number of nitrogens with one attached hydrogen (secondary N) is 1. The summed E-state index contributed by atoms with van der Waals surface area (Å²) in [7, 11) is -4.24. The molecule has 0 aliphatic heterocycles. The van der Waals surface area contributed by atoms with Crippen LogP contribution < -0.4 is 5.32 Å². The number of rotatable bonds is 6. The van der Waals surface area contributed by atoms with Gasteiger partial charge in [0.25, 0.3) is 10.0 Å². The van der Waals surface area contributed by atoms with E-state index in [1.54, 1.807) is 20.8 Å². The zero-order valence-corrected chi connectivity index (χ0v) is 19.2. The summed E-state index contributed by atoms with van der Waals surface area (Å²) in [5.41, 5.74) is -0.753. The van der Waals surface area contributed by atoms with Crippen LogP contribution in [0.1, 0.15) is 26.3 Å². The summed E-state index contributed by atoms with van der Waals surface area (Å²) in [4.78, 5) is 18.9. The Morgan fingerprint density at radius 1 is 1.28 bits per heavy atom. The maximum atomic E-state index is 15.7. The summed E-state index contributed by atoms with van der Waals surface area (Å²) in [5, 5.41) is 11.5. The van der Waals surface area contributed by atoms with Crippen LogP contribution >= 0.6 is 11.6 Å². The van der Waals surface area contributed by atoms with Crippen LogP contribution in [0.15, 0.2) is 53.9 Å². The Bertz CT molecular complexity index is 1240. The smallest absolute Gasteiger partial charge is 0.404 e. The van der Waals surface area contributed by atoms with Crippen molar-refractivity contribution in [2.75, 3.05) is 0 Å². The molecule has 170 valence electrons. The van der Waals surface area contributed by atoms with Gasteiger partial charge in [0.1, 0.15) is 15.7 Å². The average molecular weight is 481 g/mol. The molecular weight excluding hydrogens is 459 g/mol. The van der Waals surface area contributed by atoms with Gasteiger partial charge >= 0.3 is 6.09 Å². The molecule has 3 rings (SSSR count). The molecule has 0 aromatic carbocycles. The lowest BCUT2D eigenvalue weighted by atomic mass is 9.83. The van der Waals surface area contributed by atoms with Crippen molar-refractivity contribution in [1.82, 2.24) is 19.3 Å². The molecule has 3 heterocycles. The second-order valence-electron chi connectivity index (χ2n) is 8.22. The molecule has 1 atom stereocenters. The molecule has 32 heavy (non-hydrogen) atoms. The van der Waals surface area contributed by atoms with Crippen molar-refractivity contribution < 1.29 is 22.7 Å². The van der Waals surface area contributed by atoms with Crippen LogP contribution in [0.2, 0.25) is 5.15 Å². The van der Waals surface area contributed by atoms with Crippen molar-refractivity contribution in [2.45, 2.75) is 38.1 Å². The zero-order chi connectivity index (χ0) is 23.7. The first kappa shape index (κ1) is 23.7. The van der Waals surface area contributed by atoms with Gasteiger partial charge in [0.2, 0.25) is 0 Å². The Morgan fingerprint density at radius 2 is 1.97 bits per heavy atom. The average Bonchev–Trinajstić information content (AvgIpc) is 3.04. The van der Waals surface area contributed by atoms with E-state index in [9.17, 15) is 18.3 Å². The Morgan fingerprint density at radius 3 is 2.53 bits per heavy atom. The molecule has 0 saturated carbocycles. The van der Waals surface area contributed by atoms with Crippen molar-refractivity contribution in [3.8, 4) is 11.3 Å². The first-order valence-corrected chi connectivity index (χ1v) is 11.4. The third kappa shape index (κ3) is 4.76. The van der Waals surface area contributed by atoms with Gasteiger partial charge in [-0.25, -0.2) is 26.6 Å². The van der Waals surface area contributed by atoms with Crippen molar-refractivity contribution >= 4 is 27.7 Å². The number of pyridine rings is 2. The van der Waals surface area contributed by atoms with E-state index >= 15 is 4.39 Å². The van der Waals surface area contributed by atoms with E-state index in [-0.39, 0.29) is 33.3 Å². The molecule has 3 aromatic heterocycles. The third-order valence-corrected chi connectivity index (χ3v) is 6.90. The Kier molecular flexibility index (Phi) is 6.56. The quantitative estimate of drug-likeness (QED) is 0.511. The first-order valence-electron chi connectivity index (χ1n) is 9.58. The summed E-state index contributed by atoms with van der Waals surface area (Å²) in [6.07, 6.45) is 3.79. The zero-order valence-electron chi connectivity index (χ0n) is 17.6. The highest BCUT2D eigenvalue weighted by Crippen LogP contribution is 2.35. The molecule has 8 nitrogen and oxygen atoms in total. The van der Waals surface area contributed by atoms with Crippen LogP contribution in [-0.4, -0.2) is 39.6 Å². The maximum absolute atomic E-state index is 15.7. The fourth-order valence-corrected chi connectivity index (χ4v) is 4.76. The fraction of sp³-hybridized carbons (Fsp3) is 0.286. The van der Waals surface area contributed by atoms with E-state index in [1.807, 2.05) is 0 Å². The summed E-state index contributed by atoms with van der Waals surface area (Å²) < 4.78 is 43.2. The minimum absolute atomic E-state index is 0.0149. The van der Waals surface area contributed by atoms with E-state index in [0.717, 1.165) is 16.4 Å². The topological polar surface area (TPSA) is 114 Å². The van der Waals surface area contributed by atoms with E-state index in [1.165, 1.54) is 36.7 Å². The maximum Gasteiger partial charge on any atom is 0.404 e. The van der Waals surface area contributed by atoms with Gasteiger partial charge < -0.3 is 10.4 Å². The molecule has 0 bridgehead atoms. The van der Waals surface area contributed by atoms with Gasteiger partial charge in [0.05, 0.1) is 0 Å². The molecule has 11 heteroatoms. The third-order valence-electron chi connectivity index (χ3n) is 4.96. The molecule has 0 spiro atoms. The van der Waals surface area contributed by atoms with Crippen LogP contribution in [0.4, 0.5) is 9.18 Å². The molecule has 3 aromatic rings. The van der Waals surface area contributed by atoms with Crippen LogP contribution in [0, 0.1) is 11.2 Å². The van der Waals surface area contributed by atoms with Crippen molar-refractivity contribution in [3.05, 3.63) is 65.6 Å². The minimum Gasteiger partial charge on any atom is -0.465 e. The van der Waals surface area contributed by atoms with Gasteiger partial charge in [-0.05, 0) is 36.1 Å². The Labute approximate surface area is 190 Å². The molecule has 1 amide bonds. The number of hydrogen-bond acceptors (Lipinski definition) is 5. The van der Waals surface area contributed by atoms with E-state index < -0.39 is 33.4 Å². The van der Waals surface area contributed by atoms with Crippen molar-refractivity contribution in [2.24, 2.45) is 5.41 Å². The lowest BCUT2D eigenvalue weighted by Crippen LogP contribution is -2.44. The van der Waals surface area contributed by atoms with Gasteiger partial charge in [-0.1, -0.05) is 32.4 Å². The molecule has 2 N–H and O–H groups in total. The molecule has 0 aliphatic carbocycles. The summed E-state index contributed by atoms with van der Waals surface area (Å²) in [6.45, 7) is 5.40. The van der Waals surface area contributed by atoms with Crippen LogP contribution in [0.3, 0.4) is 0 Å². The fourth-order valence-electron chi connectivity index (χ4n) is 3.20. The molecular formula is C21H22ClFN4O4S. The van der Waals surface area contributed by atoms with Crippen LogP contribution in [-0.2, 0) is 16.4 Å². The number of nitrogens with zero attached hydrogens (tertiary/aromatic N) is 3. The summed E-state index contributed by atoms with van der Waals surface area (Å²) in [6, 6.07) is 5.08.